The summed E-state index contributed by atoms with van der Waals surface area (Å²) in [5, 5.41) is 3.66. The number of methoxy groups -OCH3 is 1. The Morgan fingerprint density at radius 1 is 1.12 bits per heavy atom. The summed E-state index contributed by atoms with van der Waals surface area (Å²) in [6, 6.07) is 14.4. The van der Waals surface area contributed by atoms with Gasteiger partial charge >= 0.3 is 5.97 Å². The smallest absolute Gasteiger partial charge is 0.339 e. The number of amides is 1. The number of fused-ring (bicyclic) bond motifs is 1. The highest BCUT2D eigenvalue weighted by Crippen LogP contribution is 2.24. The molecule has 3 aromatic rings. The van der Waals surface area contributed by atoms with Crippen LogP contribution in [0, 0.1) is 0 Å². The van der Waals surface area contributed by atoms with Crippen LogP contribution in [-0.2, 0) is 11.3 Å². The third-order valence-corrected chi connectivity index (χ3v) is 3.94. The molecule has 0 atom stereocenters. The first-order valence-electron chi connectivity index (χ1n) is 7.83. The van der Waals surface area contributed by atoms with Gasteiger partial charge in [-0.1, -0.05) is 36.4 Å². The first kappa shape index (κ1) is 16.5. The second-order valence-corrected chi connectivity index (χ2v) is 5.49. The summed E-state index contributed by atoms with van der Waals surface area (Å²) in [5.41, 5.74) is 2.22. The van der Waals surface area contributed by atoms with Crippen LogP contribution in [0.2, 0.25) is 0 Å². The Morgan fingerprint density at radius 3 is 2.60 bits per heavy atom. The minimum atomic E-state index is -0.495. The SMILES string of the molecule is C=CCn1cc(C(=O)Nc2ccccc2C(=O)OC)c2ccccc21. The standard InChI is InChI=1S/C20H18N2O3/c1-3-12-22-13-16(14-8-5-7-11-18(14)22)19(23)21-17-10-6-4-9-15(17)20(24)25-2/h3-11,13H,1,12H2,2H3,(H,21,23). The van der Waals surface area contributed by atoms with Gasteiger partial charge < -0.3 is 14.6 Å². The predicted octanol–water partition coefficient (Wildman–Crippen LogP) is 3.87. The number of allylic oxidation sites excluding steroid dienone is 1. The number of nitrogens with zero attached hydrogens (tertiary/aromatic N) is 1. The number of ether oxygens (including phenoxy) is 1. The zero-order valence-corrected chi connectivity index (χ0v) is 13.9. The normalized spacial score (nSPS) is 10.4. The fourth-order valence-corrected chi connectivity index (χ4v) is 2.79. The highest BCUT2D eigenvalue weighted by atomic mass is 16.5. The van der Waals surface area contributed by atoms with Gasteiger partial charge in [-0.05, 0) is 18.2 Å². The number of para-hydroxylation sites is 2. The Hall–Kier alpha value is -3.34. The maximum absolute atomic E-state index is 12.8. The van der Waals surface area contributed by atoms with Crippen molar-refractivity contribution in [1.29, 1.82) is 0 Å². The Bertz CT molecular complexity index is 956. The number of anilines is 1. The molecule has 0 bridgehead atoms. The topological polar surface area (TPSA) is 60.3 Å². The molecule has 0 aliphatic heterocycles. The van der Waals surface area contributed by atoms with Crippen molar-refractivity contribution >= 4 is 28.5 Å². The lowest BCUT2D eigenvalue weighted by atomic mass is 10.1. The van der Waals surface area contributed by atoms with E-state index in [1.54, 1.807) is 36.5 Å². The zero-order chi connectivity index (χ0) is 17.8. The molecule has 0 fully saturated rings. The van der Waals surface area contributed by atoms with Crippen LogP contribution in [0.25, 0.3) is 10.9 Å². The van der Waals surface area contributed by atoms with Gasteiger partial charge in [-0.2, -0.15) is 0 Å². The van der Waals surface area contributed by atoms with Crippen LogP contribution in [0.5, 0.6) is 0 Å². The third kappa shape index (κ3) is 3.17. The number of hydrogen-bond donors (Lipinski definition) is 1. The van der Waals surface area contributed by atoms with Gasteiger partial charge in [0, 0.05) is 23.6 Å². The van der Waals surface area contributed by atoms with E-state index in [-0.39, 0.29) is 5.91 Å². The van der Waals surface area contributed by atoms with Gasteiger partial charge in [0.2, 0.25) is 0 Å². The molecule has 25 heavy (non-hydrogen) atoms. The summed E-state index contributed by atoms with van der Waals surface area (Å²) >= 11 is 0. The monoisotopic (exact) mass is 334 g/mol. The van der Waals surface area contributed by atoms with Crippen LogP contribution in [0.1, 0.15) is 20.7 Å². The van der Waals surface area contributed by atoms with Crippen molar-refractivity contribution in [3.05, 3.63) is 78.5 Å². The number of nitrogens with one attached hydrogen (secondary N) is 1. The average Bonchev–Trinajstić information content (AvgIpc) is 3.01. The van der Waals surface area contributed by atoms with E-state index in [0.29, 0.717) is 23.4 Å². The lowest BCUT2D eigenvalue weighted by Crippen LogP contribution is -2.15. The van der Waals surface area contributed by atoms with Crippen LogP contribution in [0.4, 0.5) is 5.69 Å². The molecule has 0 radical (unpaired) electrons. The van der Waals surface area contributed by atoms with E-state index in [0.717, 1.165) is 10.9 Å². The molecule has 1 aromatic heterocycles. The van der Waals surface area contributed by atoms with Crippen molar-refractivity contribution in [3.63, 3.8) is 0 Å². The number of rotatable bonds is 5. The molecular formula is C20H18N2O3. The number of hydrogen-bond acceptors (Lipinski definition) is 3. The van der Waals surface area contributed by atoms with E-state index < -0.39 is 5.97 Å². The van der Waals surface area contributed by atoms with E-state index in [9.17, 15) is 9.59 Å². The molecular weight excluding hydrogens is 316 g/mol. The lowest BCUT2D eigenvalue weighted by molar-refractivity contribution is 0.0602. The highest BCUT2D eigenvalue weighted by molar-refractivity contribution is 6.14. The van der Waals surface area contributed by atoms with E-state index in [1.807, 2.05) is 28.8 Å². The molecule has 3 rings (SSSR count). The van der Waals surface area contributed by atoms with Crippen LogP contribution >= 0.6 is 0 Å². The van der Waals surface area contributed by atoms with Gasteiger partial charge in [0.1, 0.15) is 0 Å². The Labute approximate surface area is 145 Å². The van der Waals surface area contributed by atoms with Gasteiger partial charge in [-0.3, -0.25) is 4.79 Å². The first-order chi connectivity index (χ1) is 12.2. The van der Waals surface area contributed by atoms with Gasteiger partial charge in [-0.15, -0.1) is 6.58 Å². The molecule has 0 saturated carbocycles. The van der Waals surface area contributed by atoms with Crippen molar-refractivity contribution in [2.24, 2.45) is 0 Å². The minimum Gasteiger partial charge on any atom is -0.465 e. The fraction of sp³-hybridized carbons (Fsp3) is 0.100. The second-order valence-electron chi connectivity index (χ2n) is 5.49. The molecule has 1 heterocycles. The number of aromatic nitrogens is 1. The average molecular weight is 334 g/mol. The molecule has 1 N–H and O–H groups in total. The fourth-order valence-electron chi connectivity index (χ4n) is 2.79. The van der Waals surface area contributed by atoms with Crippen molar-refractivity contribution in [2.45, 2.75) is 6.54 Å². The van der Waals surface area contributed by atoms with Gasteiger partial charge in [-0.25, -0.2) is 4.79 Å². The molecule has 2 aromatic carbocycles. The van der Waals surface area contributed by atoms with Gasteiger partial charge in [0.05, 0.1) is 23.9 Å². The number of carbonyl (C=O) groups excluding carboxylic acids is 2. The summed E-state index contributed by atoms with van der Waals surface area (Å²) in [6.07, 6.45) is 3.57. The molecule has 5 nitrogen and oxygen atoms in total. The van der Waals surface area contributed by atoms with Gasteiger partial charge in [0.15, 0.2) is 0 Å². The largest absolute Gasteiger partial charge is 0.465 e. The maximum Gasteiger partial charge on any atom is 0.339 e. The van der Waals surface area contributed by atoms with Crippen LogP contribution in [-0.4, -0.2) is 23.6 Å². The number of esters is 1. The quantitative estimate of drug-likeness (QED) is 0.569. The molecule has 0 aliphatic rings. The van der Waals surface area contributed by atoms with Crippen LogP contribution in [0.15, 0.2) is 67.4 Å². The zero-order valence-electron chi connectivity index (χ0n) is 13.9. The minimum absolute atomic E-state index is 0.282. The van der Waals surface area contributed by atoms with Crippen molar-refractivity contribution in [1.82, 2.24) is 4.57 Å². The summed E-state index contributed by atoms with van der Waals surface area (Å²) in [6.45, 7) is 4.36. The maximum atomic E-state index is 12.8. The van der Waals surface area contributed by atoms with Crippen molar-refractivity contribution < 1.29 is 14.3 Å². The Morgan fingerprint density at radius 2 is 1.84 bits per heavy atom. The van der Waals surface area contributed by atoms with E-state index in [2.05, 4.69) is 11.9 Å². The number of benzene rings is 2. The Kier molecular flexibility index (Phi) is 4.66. The molecule has 126 valence electrons. The van der Waals surface area contributed by atoms with E-state index >= 15 is 0 Å². The van der Waals surface area contributed by atoms with Crippen molar-refractivity contribution in [2.75, 3.05) is 12.4 Å². The van der Waals surface area contributed by atoms with Crippen LogP contribution in [0.3, 0.4) is 0 Å². The second kappa shape index (κ2) is 7.05. The molecule has 0 spiro atoms. The third-order valence-electron chi connectivity index (χ3n) is 3.94. The molecule has 1 amide bonds. The molecule has 0 aliphatic carbocycles. The van der Waals surface area contributed by atoms with E-state index in [1.165, 1.54) is 7.11 Å². The Balaban J connectivity index is 1.99. The molecule has 0 unspecified atom stereocenters. The summed E-state index contributed by atoms with van der Waals surface area (Å²) in [5.74, 6) is -0.777. The first-order valence-corrected chi connectivity index (χ1v) is 7.83. The lowest BCUT2D eigenvalue weighted by Gasteiger charge is -2.09. The molecule has 5 heteroatoms. The number of carbonyl (C=O) groups is 2. The summed E-state index contributed by atoms with van der Waals surface area (Å²) in [7, 11) is 1.31. The van der Waals surface area contributed by atoms with Gasteiger partial charge in [0.25, 0.3) is 5.91 Å². The van der Waals surface area contributed by atoms with E-state index in [4.69, 9.17) is 4.74 Å². The van der Waals surface area contributed by atoms with Crippen molar-refractivity contribution in [3.8, 4) is 0 Å². The predicted molar refractivity (Wildman–Crippen MR) is 97.9 cm³/mol. The highest BCUT2D eigenvalue weighted by Gasteiger charge is 2.18. The molecule has 0 saturated heterocycles. The summed E-state index contributed by atoms with van der Waals surface area (Å²) in [4.78, 5) is 24.7. The van der Waals surface area contributed by atoms with Crippen LogP contribution < -0.4 is 5.32 Å². The summed E-state index contributed by atoms with van der Waals surface area (Å²) < 4.78 is 6.73.